The van der Waals surface area contributed by atoms with Crippen molar-refractivity contribution in [2.45, 2.75) is 44.6 Å². The number of aliphatic hydroxyl groups excluding tert-OH is 1. The number of nitrogens with one attached hydrogen (secondary N) is 1. The van der Waals surface area contributed by atoms with Crippen LogP contribution in [0, 0.1) is 6.92 Å². The molecule has 0 bridgehead atoms. The molecule has 6 heteroatoms. The molecule has 1 aliphatic rings. The molecule has 1 aromatic heterocycles. The first-order valence-electron chi connectivity index (χ1n) is 9.14. The van der Waals surface area contributed by atoms with Crippen LogP contribution < -0.4 is 4.74 Å². The van der Waals surface area contributed by atoms with Gasteiger partial charge < -0.3 is 19.7 Å². The van der Waals surface area contributed by atoms with E-state index >= 15 is 0 Å². The SMILES string of the molecule is COc1ccc(C2(C(=O)N(CCO)Cc3nc[nH]c3C)CCCC2)cc1. The third kappa shape index (κ3) is 3.46. The van der Waals surface area contributed by atoms with Crippen LogP contribution in [-0.2, 0) is 16.8 Å². The molecular formula is C20H27N3O3. The minimum absolute atomic E-state index is 0.0616. The zero-order valence-corrected chi connectivity index (χ0v) is 15.5. The Hall–Kier alpha value is -2.34. The number of aliphatic hydroxyl groups is 1. The van der Waals surface area contributed by atoms with E-state index in [0.717, 1.165) is 48.4 Å². The van der Waals surface area contributed by atoms with Gasteiger partial charge in [0.15, 0.2) is 0 Å². The molecule has 1 aliphatic carbocycles. The quantitative estimate of drug-likeness (QED) is 0.798. The number of methoxy groups -OCH3 is 1. The molecule has 1 heterocycles. The van der Waals surface area contributed by atoms with E-state index in [4.69, 9.17) is 4.74 Å². The first-order chi connectivity index (χ1) is 12.6. The zero-order chi connectivity index (χ0) is 18.6. The Labute approximate surface area is 154 Å². The van der Waals surface area contributed by atoms with E-state index in [2.05, 4.69) is 9.97 Å². The van der Waals surface area contributed by atoms with E-state index in [9.17, 15) is 9.90 Å². The van der Waals surface area contributed by atoms with Gasteiger partial charge in [0.05, 0.1) is 37.7 Å². The van der Waals surface area contributed by atoms with Crippen molar-refractivity contribution in [3.8, 4) is 5.75 Å². The summed E-state index contributed by atoms with van der Waals surface area (Å²) in [5.41, 5.74) is 2.30. The average Bonchev–Trinajstić information content (AvgIpc) is 3.31. The number of imidazole rings is 1. The highest BCUT2D eigenvalue weighted by Crippen LogP contribution is 2.43. The maximum atomic E-state index is 13.6. The number of nitrogens with zero attached hydrogens (tertiary/aromatic N) is 2. The summed E-state index contributed by atoms with van der Waals surface area (Å²) in [6.07, 6.45) is 5.37. The summed E-state index contributed by atoms with van der Waals surface area (Å²) in [5.74, 6) is 0.866. The highest BCUT2D eigenvalue weighted by atomic mass is 16.5. The lowest BCUT2D eigenvalue weighted by atomic mass is 9.77. The number of hydrogen-bond acceptors (Lipinski definition) is 4. The molecule has 0 aliphatic heterocycles. The number of hydrogen-bond donors (Lipinski definition) is 2. The molecule has 1 aromatic carbocycles. The number of ether oxygens (including phenoxy) is 1. The molecule has 0 unspecified atom stereocenters. The van der Waals surface area contributed by atoms with Crippen LogP contribution in [0.25, 0.3) is 0 Å². The minimum atomic E-state index is -0.522. The first-order valence-corrected chi connectivity index (χ1v) is 9.14. The zero-order valence-electron chi connectivity index (χ0n) is 15.5. The standard InChI is InChI=1S/C20H27N3O3/c1-15-18(22-14-21-15)13-23(11-12-24)19(25)20(9-3-4-10-20)16-5-7-17(26-2)8-6-16/h5-8,14,24H,3-4,9-13H2,1-2H3,(H,21,22). The third-order valence-electron chi connectivity index (χ3n) is 5.44. The van der Waals surface area contributed by atoms with Crippen LogP contribution in [0.2, 0.25) is 0 Å². The van der Waals surface area contributed by atoms with Crippen LogP contribution in [-0.4, -0.2) is 46.1 Å². The average molecular weight is 357 g/mol. The monoisotopic (exact) mass is 357 g/mol. The van der Waals surface area contributed by atoms with E-state index in [0.29, 0.717) is 13.1 Å². The van der Waals surface area contributed by atoms with E-state index in [1.807, 2.05) is 31.2 Å². The molecule has 6 nitrogen and oxygen atoms in total. The Kier molecular flexibility index (Phi) is 5.61. The first kappa shape index (κ1) is 18.5. The predicted octanol–water partition coefficient (Wildman–Crippen LogP) is 2.56. The van der Waals surface area contributed by atoms with Crippen molar-refractivity contribution in [2.24, 2.45) is 0 Å². The van der Waals surface area contributed by atoms with Gasteiger partial charge in [-0.2, -0.15) is 0 Å². The summed E-state index contributed by atoms with van der Waals surface area (Å²) in [6, 6.07) is 7.83. The molecule has 0 saturated heterocycles. The Balaban J connectivity index is 1.91. The summed E-state index contributed by atoms with van der Waals surface area (Å²) < 4.78 is 5.25. The molecule has 2 aromatic rings. The second-order valence-electron chi connectivity index (χ2n) is 6.94. The second-order valence-corrected chi connectivity index (χ2v) is 6.94. The van der Waals surface area contributed by atoms with Gasteiger partial charge in [0.2, 0.25) is 5.91 Å². The highest BCUT2D eigenvalue weighted by Gasteiger charge is 2.45. The van der Waals surface area contributed by atoms with E-state index in [1.54, 1.807) is 18.3 Å². The van der Waals surface area contributed by atoms with E-state index in [-0.39, 0.29) is 12.5 Å². The smallest absolute Gasteiger partial charge is 0.233 e. The Bertz CT molecular complexity index is 733. The summed E-state index contributed by atoms with van der Waals surface area (Å²) in [6.45, 7) is 2.60. The highest BCUT2D eigenvalue weighted by molar-refractivity contribution is 5.88. The molecule has 3 rings (SSSR count). The van der Waals surface area contributed by atoms with Gasteiger partial charge in [-0.25, -0.2) is 4.98 Å². The number of rotatable bonds is 7. The number of amides is 1. The predicted molar refractivity (Wildman–Crippen MR) is 99.0 cm³/mol. The van der Waals surface area contributed by atoms with Crippen molar-refractivity contribution in [1.29, 1.82) is 0 Å². The van der Waals surface area contributed by atoms with Gasteiger partial charge in [0.25, 0.3) is 0 Å². The van der Waals surface area contributed by atoms with Crippen LogP contribution >= 0.6 is 0 Å². The van der Waals surface area contributed by atoms with Gasteiger partial charge in [-0.3, -0.25) is 4.79 Å². The van der Waals surface area contributed by atoms with Crippen molar-refractivity contribution < 1.29 is 14.6 Å². The van der Waals surface area contributed by atoms with Crippen LogP contribution in [0.4, 0.5) is 0 Å². The molecule has 0 spiro atoms. The van der Waals surface area contributed by atoms with Crippen molar-refractivity contribution >= 4 is 5.91 Å². The van der Waals surface area contributed by atoms with Crippen molar-refractivity contribution in [1.82, 2.24) is 14.9 Å². The van der Waals surface area contributed by atoms with Gasteiger partial charge in [-0.05, 0) is 37.5 Å². The van der Waals surface area contributed by atoms with Crippen molar-refractivity contribution in [3.63, 3.8) is 0 Å². The summed E-state index contributed by atoms with van der Waals surface area (Å²) in [5, 5.41) is 9.51. The van der Waals surface area contributed by atoms with E-state index in [1.165, 1.54) is 0 Å². The number of benzene rings is 1. The second kappa shape index (κ2) is 7.91. The Morgan fingerprint density at radius 2 is 2.00 bits per heavy atom. The lowest BCUT2D eigenvalue weighted by Gasteiger charge is -2.34. The number of aryl methyl sites for hydroxylation is 1. The molecular weight excluding hydrogens is 330 g/mol. The molecule has 1 saturated carbocycles. The normalized spacial score (nSPS) is 15.8. The molecule has 1 fully saturated rings. The van der Waals surface area contributed by atoms with Crippen molar-refractivity contribution in [2.75, 3.05) is 20.3 Å². The van der Waals surface area contributed by atoms with Crippen LogP contribution in [0.5, 0.6) is 5.75 Å². The van der Waals surface area contributed by atoms with Gasteiger partial charge in [0.1, 0.15) is 5.75 Å². The summed E-state index contributed by atoms with van der Waals surface area (Å²) in [7, 11) is 1.64. The molecule has 26 heavy (non-hydrogen) atoms. The summed E-state index contributed by atoms with van der Waals surface area (Å²) >= 11 is 0. The third-order valence-corrected chi connectivity index (χ3v) is 5.44. The Morgan fingerprint density at radius 3 is 2.54 bits per heavy atom. The maximum Gasteiger partial charge on any atom is 0.233 e. The molecule has 140 valence electrons. The van der Waals surface area contributed by atoms with Crippen LogP contribution in [0.15, 0.2) is 30.6 Å². The van der Waals surface area contributed by atoms with Crippen LogP contribution in [0.1, 0.15) is 42.6 Å². The number of H-pyrrole nitrogens is 1. The van der Waals surface area contributed by atoms with Gasteiger partial charge in [-0.15, -0.1) is 0 Å². The largest absolute Gasteiger partial charge is 0.497 e. The molecule has 0 atom stereocenters. The number of aromatic nitrogens is 2. The van der Waals surface area contributed by atoms with Crippen LogP contribution in [0.3, 0.4) is 0 Å². The fourth-order valence-electron chi connectivity index (χ4n) is 3.92. The number of carbonyl (C=O) groups excluding carboxylic acids is 1. The maximum absolute atomic E-state index is 13.6. The molecule has 2 N–H and O–H groups in total. The lowest BCUT2D eigenvalue weighted by Crippen LogP contribution is -2.46. The van der Waals surface area contributed by atoms with Gasteiger partial charge >= 0.3 is 0 Å². The fourth-order valence-corrected chi connectivity index (χ4v) is 3.92. The minimum Gasteiger partial charge on any atom is -0.497 e. The molecule has 1 amide bonds. The Morgan fingerprint density at radius 1 is 1.31 bits per heavy atom. The lowest BCUT2D eigenvalue weighted by molar-refractivity contribution is -0.138. The fraction of sp³-hybridized carbons (Fsp3) is 0.500. The van der Waals surface area contributed by atoms with Gasteiger partial charge in [-0.1, -0.05) is 25.0 Å². The summed E-state index contributed by atoms with van der Waals surface area (Å²) in [4.78, 5) is 22.7. The number of carbonyl (C=O) groups is 1. The van der Waals surface area contributed by atoms with Gasteiger partial charge in [0, 0.05) is 12.2 Å². The topological polar surface area (TPSA) is 78.4 Å². The molecule has 0 radical (unpaired) electrons. The van der Waals surface area contributed by atoms with E-state index < -0.39 is 5.41 Å². The van der Waals surface area contributed by atoms with Crippen molar-refractivity contribution in [3.05, 3.63) is 47.5 Å². The number of aromatic amines is 1.